The molecule has 2 amide bonds. The highest BCUT2D eigenvalue weighted by atomic mass is 16.7. The maximum Gasteiger partial charge on any atom is 0.333 e. The SMILES string of the molecule is C=CC1C(C)CC[C@H]2C1C(C)(C)C(/C=C/C=C/C=c1\c3cccc4c(N(C)C)ccc(c43)n1C)=[N+]2CCCCCC(=O)ON1C(=O)CCC1=O. The molecule has 4 atom stereocenters. The van der Waals surface area contributed by atoms with Crippen molar-refractivity contribution >= 4 is 56.9 Å². The lowest BCUT2D eigenvalue weighted by Gasteiger charge is -2.40. The van der Waals surface area contributed by atoms with E-state index in [1.807, 2.05) is 0 Å². The van der Waals surface area contributed by atoms with Crippen molar-refractivity contribution in [1.29, 1.82) is 0 Å². The van der Waals surface area contributed by atoms with E-state index in [0.29, 0.717) is 35.3 Å². The summed E-state index contributed by atoms with van der Waals surface area (Å²) in [5.41, 5.74) is 3.80. The summed E-state index contributed by atoms with van der Waals surface area (Å²) in [7, 11) is 6.33. The highest BCUT2D eigenvalue weighted by Crippen LogP contribution is 2.51. The molecule has 0 bridgehead atoms. The number of imide groups is 1. The number of carbonyl (C=O) groups excluding carboxylic acids is 3. The van der Waals surface area contributed by atoms with Crippen LogP contribution in [0.25, 0.3) is 27.8 Å². The first kappa shape index (κ1) is 35.4. The largest absolute Gasteiger partial charge is 0.377 e. The number of hydroxylamine groups is 2. The Kier molecular flexibility index (Phi) is 10.2. The van der Waals surface area contributed by atoms with E-state index in [-0.39, 0.29) is 24.7 Å². The smallest absolute Gasteiger partial charge is 0.333 e. The van der Waals surface area contributed by atoms with E-state index >= 15 is 0 Å². The number of hydrogen-bond donors (Lipinski definition) is 0. The van der Waals surface area contributed by atoms with Gasteiger partial charge in [-0.15, -0.1) is 11.6 Å². The molecule has 1 saturated carbocycles. The molecule has 1 saturated heterocycles. The predicted molar refractivity (Wildman–Crippen MR) is 202 cm³/mol. The van der Waals surface area contributed by atoms with Crippen molar-refractivity contribution in [2.45, 2.75) is 78.2 Å². The van der Waals surface area contributed by atoms with Gasteiger partial charge < -0.3 is 14.3 Å². The van der Waals surface area contributed by atoms with Gasteiger partial charge in [-0.1, -0.05) is 49.4 Å². The molecule has 2 fully saturated rings. The van der Waals surface area contributed by atoms with Crippen LogP contribution in [0.5, 0.6) is 0 Å². The minimum absolute atomic E-state index is 0.0211. The van der Waals surface area contributed by atoms with Crippen molar-refractivity contribution in [2.75, 3.05) is 25.5 Å². The second-order valence-electron chi connectivity index (χ2n) is 15.2. The molecule has 3 aliphatic rings. The maximum atomic E-state index is 12.3. The molecule has 8 nitrogen and oxygen atoms in total. The molecular formula is C42H53N4O4+. The Hall–Kier alpha value is -4.46. The molecule has 3 aromatic rings. The van der Waals surface area contributed by atoms with Gasteiger partial charge in [-0.25, -0.2) is 9.37 Å². The lowest BCUT2D eigenvalue weighted by atomic mass is 9.61. The van der Waals surface area contributed by atoms with E-state index in [2.05, 4.69) is 129 Å². The summed E-state index contributed by atoms with van der Waals surface area (Å²) in [6.07, 6.45) is 18.4. The number of amides is 2. The van der Waals surface area contributed by atoms with Crippen LogP contribution in [0.1, 0.15) is 72.1 Å². The van der Waals surface area contributed by atoms with Gasteiger partial charge in [0.05, 0.1) is 5.41 Å². The molecule has 0 spiro atoms. The number of rotatable bonds is 12. The van der Waals surface area contributed by atoms with Crippen molar-refractivity contribution in [2.24, 2.45) is 30.2 Å². The molecule has 3 heterocycles. The summed E-state index contributed by atoms with van der Waals surface area (Å²) in [5, 5.41) is 5.66. The first-order valence-corrected chi connectivity index (χ1v) is 18.3. The summed E-state index contributed by atoms with van der Waals surface area (Å²) >= 11 is 0. The van der Waals surface area contributed by atoms with Crippen molar-refractivity contribution in [1.82, 2.24) is 9.63 Å². The monoisotopic (exact) mass is 677 g/mol. The van der Waals surface area contributed by atoms with Crippen LogP contribution >= 0.6 is 0 Å². The van der Waals surface area contributed by atoms with Gasteiger partial charge in [0.15, 0.2) is 11.8 Å². The molecule has 1 aliphatic carbocycles. The van der Waals surface area contributed by atoms with Crippen LogP contribution in [0.2, 0.25) is 0 Å². The molecule has 0 N–H and O–H groups in total. The number of unbranched alkanes of at least 4 members (excludes halogenated alkanes) is 2. The number of benzene rings is 2. The molecule has 50 heavy (non-hydrogen) atoms. The first-order chi connectivity index (χ1) is 23.9. The zero-order valence-electron chi connectivity index (χ0n) is 30.7. The Balaban J connectivity index is 1.20. The van der Waals surface area contributed by atoms with Gasteiger partial charge in [0.1, 0.15) is 6.54 Å². The Morgan fingerprint density at radius 2 is 1.76 bits per heavy atom. The first-order valence-electron chi connectivity index (χ1n) is 18.3. The van der Waals surface area contributed by atoms with Crippen LogP contribution in [-0.4, -0.2) is 64.4 Å². The molecule has 2 aliphatic heterocycles. The number of hydrogen-bond acceptors (Lipinski definition) is 5. The standard InChI is InChI=1S/C42H53N4O4/c1-8-29-28(2)21-22-35-41(29)42(3,4)36(45(35)27-14-10-13-20-39(49)50-46-37(47)25-26-38(46)48)19-12-9-11-18-33-31-17-15-16-30-32(43(5)6)23-24-34(40(30)31)44(33)7/h8-9,11-12,15-19,23-24,28-29,35,41H,1,10,13-14,20-22,25-27H2,2-7H3/q+1/t28?,29?,35-,41?/m0/s1. The average molecular weight is 678 g/mol. The van der Waals surface area contributed by atoms with Gasteiger partial charge in [0.25, 0.3) is 11.8 Å². The van der Waals surface area contributed by atoms with Gasteiger partial charge >= 0.3 is 5.97 Å². The van der Waals surface area contributed by atoms with E-state index in [1.165, 1.54) is 44.8 Å². The number of anilines is 1. The number of fused-ring (bicyclic) bond motifs is 1. The second kappa shape index (κ2) is 14.4. The number of allylic oxidation sites excluding steroid dienone is 5. The summed E-state index contributed by atoms with van der Waals surface area (Å²) in [5.74, 6) is 0.146. The lowest BCUT2D eigenvalue weighted by Crippen LogP contribution is -2.43. The van der Waals surface area contributed by atoms with Gasteiger partial charge in [0.2, 0.25) is 0 Å². The minimum Gasteiger partial charge on any atom is -0.377 e. The van der Waals surface area contributed by atoms with Gasteiger partial charge in [-0.05, 0) is 63.2 Å². The van der Waals surface area contributed by atoms with Crippen LogP contribution in [0, 0.1) is 23.2 Å². The number of aryl methyl sites for hydroxylation is 1. The zero-order valence-corrected chi connectivity index (χ0v) is 30.7. The number of aromatic nitrogens is 1. The van der Waals surface area contributed by atoms with Crippen molar-refractivity contribution in [3.05, 3.63) is 72.6 Å². The molecule has 8 heteroatoms. The van der Waals surface area contributed by atoms with E-state index in [0.717, 1.165) is 25.8 Å². The molecule has 0 radical (unpaired) electrons. The van der Waals surface area contributed by atoms with Crippen molar-refractivity contribution in [3.8, 4) is 0 Å². The second-order valence-corrected chi connectivity index (χ2v) is 15.2. The highest BCUT2D eigenvalue weighted by Gasteiger charge is 2.58. The third-order valence-electron chi connectivity index (χ3n) is 11.6. The maximum absolute atomic E-state index is 12.3. The van der Waals surface area contributed by atoms with Crippen LogP contribution in [0.15, 0.2) is 67.3 Å². The Morgan fingerprint density at radius 1 is 1.02 bits per heavy atom. The third-order valence-corrected chi connectivity index (χ3v) is 11.6. The van der Waals surface area contributed by atoms with Crippen molar-refractivity contribution < 1.29 is 23.8 Å². The van der Waals surface area contributed by atoms with E-state index in [4.69, 9.17) is 4.84 Å². The van der Waals surface area contributed by atoms with Crippen LogP contribution in [0.4, 0.5) is 5.69 Å². The molecular weight excluding hydrogens is 624 g/mol. The van der Waals surface area contributed by atoms with E-state index < -0.39 is 17.8 Å². The minimum atomic E-state index is -0.523. The quantitative estimate of drug-likeness (QED) is 0.0687. The Morgan fingerprint density at radius 3 is 2.48 bits per heavy atom. The summed E-state index contributed by atoms with van der Waals surface area (Å²) < 4.78 is 4.92. The highest BCUT2D eigenvalue weighted by molar-refractivity contribution is 6.14. The van der Waals surface area contributed by atoms with Crippen LogP contribution in [-0.2, 0) is 26.3 Å². The molecule has 1 aromatic heterocycles. The van der Waals surface area contributed by atoms with Gasteiger partial charge in [-0.2, -0.15) is 0 Å². The van der Waals surface area contributed by atoms with Crippen molar-refractivity contribution in [3.63, 3.8) is 0 Å². The van der Waals surface area contributed by atoms with Crippen LogP contribution < -0.4 is 10.2 Å². The van der Waals surface area contributed by atoms with E-state index in [9.17, 15) is 14.4 Å². The molecule has 2 aromatic carbocycles. The molecule has 3 unspecified atom stereocenters. The van der Waals surface area contributed by atoms with Gasteiger partial charge in [-0.3, -0.25) is 9.59 Å². The fourth-order valence-electron chi connectivity index (χ4n) is 9.08. The lowest BCUT2D eigenvalue weighted by molar-refractivity contribution is -0.568. The number of nitrogens with zero attached hydrogens (tertiary/aromatic N) is 4. The molecule has 6 rings (SSSR count). The fourth-order valence-corrected chi connectivity index (χ4v) is 9.08. The zero-order chi connectivity index (χ0) is 35.7. The third kappa shape index (κ3) is 6.45. The normalized spacial score (nSPS) is 24.1. The summed E-state index contributed by atoms with van der Waals surface area (Å²) in [6, 6.07) is 11.5. The Labute approximate surface area is 296 Å². The topological polar surface area (TPSA) is 74.9 Å². The summed E-state index contributed by atoms with van der Waals surface area (Å²) in [4.78, 5) is 43.2. The van der Waals surface area contributed by atoms with Crippen LogP contribution in [0.3, 0.4) is 0 Å². The summed E-state index contributed by atoms with van der Waals surface area (Å²) in [6.45, 7) is 12.4. The number of carbonyl (C=O) groups is 3. The Bertz CT molecular complexity index is 1950. The predicted octanol–water partition coefficient (Wildman–Crippen LogP) is 6.89. The van der Waals surface area contributed by atoms with Gasteiger partial charge in [0, 0.05) is 98.0 Å². The van der Waals surface area contributed by atoms with E-state index in [1.54, 1.807) is 0 Å². The average Bonchev–Trinajstić information content (AvgIpc) is 3.63. The fraction of sp³-hybridized carbons (Fsp3) is 0.476. The molecule has 264 valence electrons.